The number of nitrogens with one attached hydrogen (secondary N) is 1. The van der Waals surface area contributed by atoms with E-state index < -0.39 is 6.04 Å². The van der Waals surface area contributed by atoms with Crippen LogP contribution >= 0.6 is 0 Å². The van der Waals surface area contributed by atoms with E-state index in [1.165, 1.54) is 6.92 Å². The van der Waals surface area contributed by atoms with Gasteiger partial charge in [0.2, 0.25) is 0 Å². The van der Waals surface area contributed by atoms with E-state index in [2.05, 4.69) is 10.3 Å². The van der Waals surface area contributed by atoms with Crippen LogP contribution in [0.25, 0.3) is 10.9 Å². The summed E-state index contributed by atoms with van der Waals surface area (Å²) in [4.78, 5) is 27.2. The van der Waals surface area contributed by atoms with E-state index in [0.717, 1.165) is 10.9 Å². The topological polar surface area (TPSA) is 59.1 Å². The average Bonchev–Trinajstić information content (AvgIpc) is 2.37. The number of nitrogens with zero attached hydrogens (tertiary/aromatic N) is 1. The Morgan fingerprint density at radius 3 is 2.61 bits per heavy atom. The molecule has 0 aliphatic rings. The minimum Gasteiger partial charge on any atom is -0.341 e. The number of ketones is 1. The predicted molar refractivity (Wildman–Crippen MR) is 69.4 cm³/mol. The van der Waals surface area contributed by atoms with Crippen LogP contribution in [0.2, 0.25) is 0 Å². The fourth-order valence-corrected chi connectivity index (χ4v) is 1.56. The summed E-state index contributed by atoms with van der Waals surface area (Å²) in [6, 6.07) is 10.6. The number of benzene rings is 1. The second-order valence-electron chi connectivity index (χ2n) is 4.19. The van der Waals surface area contributed by atoms with Gasteiger partial charge in [0.05, 0.1) is 11.6 Å². The van der Waals surface area contributed by atoms with Gasteiger partial charge in [-0.05, 0) is 26.0 Å². The van der Waals surface area contributed by atoms with Crippen molar-refractivity contribution in [2.24, 2.45) is 0 Å². The van der Waals surface area contributed by atoms with Crippen LogP contribution in [0.3, 0.4) is 0 Å². The Morgan fingerprint density at radius 2 is 1.89 bits per heavy atom. The maximum absolute atomic E-state index is 11.9. The number of Topliss-reactive ketones (excluding diaryl/α,β-unsaturated/α-hetero) is 1. The second-order valence-corrected chi connectivity index (χ2v) is 4.19. The van der Waals surface area contributed by atoms with Crippen molar-refractivity contribution in [2.45, 2.75) is 19.9 Å². The van der Waals surface area contributed by atoms with Crippen LogP contribution < -0.4 is 5.32 Å². The summed E-state index contributed by atoms with van der Waals surface area (Å²) in [5, 5.41) is 3.59. The monoisotopic (exact) mass is 242 g/mol. The normalized spacial score (nSPS) is 12.1. The summed E-state index contributed by atoms with van der Waals surface area (Å²) in [6.07, 6.45) is 0. The Hall–Kier alpha value is -2.23. The molecule has 0 saturated heterocycles. The minimum atomic E-state index is -0.495. The van der Waals surface area contributed by atoms with Crippen molar-refractivity contribution in [1.82, 2.24) is 10.3 Å². The number of para-hydroxylation sites is 1. The van der Waals surface area contributed by atoms with Crippen LogP contribution in [0.5, 0.6) is 0 Å². The number of hydrogen-bond donors (Lipinski definition) is 1. The molecular weight excluding hydrogens is 228 g/mol. The molecule has 0 bridgehead atoms. The van der Waals surface area contributed by atoms with Crippen molar-refractivity contribution >= 4 is 22.6 Å². The van der Waals surface area contributed by atoms with Gasteiger partial charge >= 0.3 is 0 Å². The molecule has 0 radical (unpaired) electrons. The Labute approximate surface area is 105 Å². The number of carbonyl (C=O) groups is 2. The summed E-state index contributed by atoms with van der Waals surface area (Å²) in [7, 11) is 0. The Balaban J connectivity index is 2.25. The lowest BCUT2D eigenvalue weighted by molar-refractivity contribution is -0.118. The maximum Gasteiger partial charge on any atom is 0.270 e. The zero-order chi connectivity index (χ0) is 13.1. The zero-order valence-electron chi connectivity index (χ0n) is 10.3. The third-order valence-electron chi connectivity index (χ3n) is 2.79. The van der Waals surface area contributed by atoms with Crippen molar-refractivity contribution in [2.75, 3.05) is 0 Å². The lowest BCUT2D eigenvalue weighted by Crippen LogP contribution is -2.37. The van der Waals surface area contributed by atoms with E-state index in [1.54, 1.807) is 13.0 Å². The van der Waals surface area contributed by atoms with Gasteiger partial charge in [-0.1, -0.05) is 24.3 Å². The summed E-state index contributed by atoms with van der Waals surface area (Å²) >= 11 is 0. The highest BCUT2D eigenvalue weighted by Gasteiger charge is 2.14. The van der Waals surface area contributed by atoms with Crippen LogP contribution in [0.15, 0.2) is 36.4 Å². The number of fused-ring (bicyclic) bond motifs is 1. The van der Waals surface area contributed by atoms with Gasteiger partial charge in [0.25, 0.3) is 5.91 Å². The smallest absolute Gasteiger partial charge is 0.270 e. The predicted octanol–water partition coefficient (Wildman–Crippen LogP) is 1.94. The third-order valence-corrected chi connectivity index (χ3v) is 2.79. The first kappa shape index (κ1) is 12.2. The van der Waals surface area contributed by atoms with Gasteiger partial charge in [0.15, 0.2) is 5.78 Å². The highest BCUT2D eigenvalue weighted by molar-refractivity contribution is 5.97. The quantitative estimate of drug-likeness (QED) is 0.894. The molecule has 4 heteroatoms. The number of amides is 1. The number of pyridine rings is 1. The fourth-order valence-electron chi connectivity index (χ4n) is 1.56. The van der Waals surface area contributed by atoms with Gasteiger partial charge in [-0.25, -0.2) is 4.98 Å². The van der Waals surface area contributed by atoms with Crippen molar-refractivity contribution in [3.8, 4) is 0 Å². The van der Waals surface area contributed by atoms with Crippen LogP contribution in [0.4, 0.5) is 0 Å². The molecular formula is C14H14N2O2. The first-order valence-electron chi connectivity index (χ1n) is 5.75. The molecule has 1 amide bonds. The zero-order valence-corrected chi connectivity index (χ0v) is 10.3. The lowest BCUT2D eigenvalue weighted by atomic mass is 10.2. The van der Waals surface area contributed by atoms with Crippen molar-refractivity contribution in [3.05, 3.63) is 42.1 Å². The number of carbonyl (C=O) groups excluding carboxylic acids is 2. The molecule has 1 unspecified atom stereocenters. The van der Waals surface area contributed by atoms with Crippen LogP contribution in [0, 0.1) is 0 Å². The Bertz CT molecular complexity index is 608. The largest absolute Gasteiger partial charge is 0.341 e. The van der Waals surface area contributed by atoms with Crippen LogP contribution in [0.1, 0.15) is 24.3 Å². The second kappa shape index (κ2) is 4.96. The lowest BCUT2D eigenvalue weighted by Gasteiger charge is -2.10. The molecule has 0 fully saturated rings. The van der Waals surface area contributed by atoms with Gasteiger partial charge in [-0.2, -0.15) is 0 Å². The van der Waals surface area contributed by atoms with Crippen LogP contribution in [-0.4, -0.2) is 22.7 Å². The minimum absolute atomic E-state index is 0.0795. The summed E-state index contributed by atoms with van der Waals surface area (Å²) < 4.78 is 0. The SMILES string of the molecule is CC(=O)C(C)NC(=O)c1ccc2ccccc2n1. The molecule has 0 aliphatic heterocycles. The number of rotatable bonds is 3. The molecule has 4 nitrogen and oxygen atoms in total. The fraction of sp³-hybridized carbons (Fsp3) is 0.214. The molecule has 1 aromatic heterocycles. The van der Waals surface area contributed by atoms with E-state index in [9.17, 15) is 9.59 Å². The van der Waals surface area contributed by atoms with Gasteiger partial charge in [-0.15, -0.1) is 0 Å². The average molecular weight is 242 g/mol. The molecule has 0 aliphatic carbocycles. The van der Waals surface area contributed by atoms with E-state index in [0.29, 0.717) is 5.69 Å². The van der Waals surface area contributed by atoms with Crippen molar-refractivity contribution < 1.29 is 9.59 Å². The van der Waals surface area contributed by atoms with Gasteiger partial charge < -0.3 is 5.32 Å². The van der Waals surface area contributed by atoms with E-state index in [1.807, 2.05) is 30.3 Å². The maximum atomic E-state index is 11.9. The molecule has 0 spiro atoms. The standard InChI is InChI=1S/C14H14N2O2/c1-9(10(2)17)15-14(18)13-8-7-11-5-3-4-6-12(11)16-13/h3-9H,1-2H3,(H,15,18). The van der Waals surface area contributed by atoms with Crippen molar-refractivity contribution in [3.63, 3.8) is 0 Å². The van der Waals surface area contributed by atoms with Gasteiger partial charge in [0.1, 0.15) is 5.69 Å². The van der Waals surface area contributed by atoms with Crippen LogP contribution in [-0.2, 0) is 4.79 Å². The Kier molecular flexibility index (Phi) is 3.37. The highest BCUT2D eigenvalue weighted by Crippen LogP contribution is 2.11. The van der Waals surface area contributed by atoms with Crippen molar-refractivity contribution in [1.29, 1.82) is 0 Å². The van der Waals surface area contributed by atoms with E-state index in [4.69, 9.17) is 0 Å². The third kappa shape index (κ3) is 2.53. The molecule has 1 atom stereocenters. The summed E-state index contributed by atoms with van der Waals surface area (Å²) in [6.45, 7) is 3.10. The Morgan fingerprint density at radius 1 is 1.17 bits per heavy atom. The molecule has 92 valence electrons. The first-order valence-corrected chi connectivity index (χ1v) is 5.75. The molecule has 1 heterocycles. The van der Waals surface area contributed by atoms with Gasteiger partial charge in [0, 0.05) is 5.39 Å². The molecule has 2 aromatic rings. The van der Waals surface area contributed by atoms with Gasteiger partial charge in [-0.3, -0.25) is 9.59 Å². The molecule has 1 aromatic carbocycles. The molecule has 0 saturated carbocycles. The summed E-state index contributed by atoms with van der Waals surface area (Å²) in [5.74, 6) is -0.410. The van der Waals surface area contributed by atoms with E-state index >= 15 is 0 Å². The summed E-state index contributed by atoms with van der Waals surface area (Å²) in [5.41, 5.74) is 1.09. The molecule has 1 N–H and O–H groups in total. The van der Waals surface area contributed by atoms with E-state index in [-0.39, 0.29) is 11.7 Å². The molecule has 18 heavy (non-hydrogen) atoms. The first-order chi connectivity index (χ1) is 8.58. The number of hydrogen-bond acceptors (Lipinski definition) is 3. The molecule has 2 rings (SSSR count). The highest BCUT2D eigenvalue weighted by atomic mass is 16.2. The number of aromatic nitrogens is 1.